The Bertz CT molecular complexity index is 336. The lowest BCUT2D eigenvalue weighted by atomic mass is 10.2. The minimum Gasteiger partial charge on any atom is -0.396 e. The van der Waals surface area contributed by atoms with Gasteiger partial charge in [-0.05, 0) is 37.1 Å². The van der Waals surface area contributed by atoms with Gasteiger partial charge in [-0.25, -0.2) is 0 Å². The van der Waals surface area contributed by atoms with E-state index in [4.69, 9.17) is 5.11 Å². The maximum absolute atomic E-state index is 10.8. The Morgan fingerprint density at radius 3 is 2.53 bits per heavy atom. The number of unbranched alkanes of at least 4 members (excludes halogenated alkanes) is 1. The predicted molar refractivity (Wildman–Crippen MR) is 68.8 cm³/mol. The Morgan fingerprint density at radius 2 is 1.94 bits per heavy atom. The summed E-state index contributed by atoms with van der Waals surface area (Å²) in [6, 6.07) is 7.77. The van der Waals surface area contributed by atoms with Gasteiger partial charge < -0.3 is 15.7 Å². The molecule has 1 rings (SSSR count). The van der Waals surface area contributed by atoms with Gasteiger partial charge >= 0.3 is 0 Å². The summed E-state index contributed by atoms with van der Waals surface area (Å²) in [5.41, 5.74) is 2.00. The van der Waals surface area contributed by atoms with Gasteiger partial charge in [0, 0.05) is 25.8 Å². The lowest BCUT2D eigenvalue weighted by Crippen LogP contribution is -2.15. The van der Waals surface area contributed by atoms with Crippen LogP contribution in [0, 0.1) is 0 Å². The van der Waals surface area contributed by atoms with Gasteiger partial charge in [0.05, 0.1) is 0 Å². The van der Waals surface area contributed by atoms with Crippen LogP contribution >= 0.6 is 0 Å². The van der Waals surface area contributed by atoms with Crippen molar-refractivity contribution in [1.29, 1.82) is 0 Å². The van der Waals surface area contributed by atoms with E-state index < -0.39 is 0 Å². The molecule has 4 heteroatoms. The summed E-state index contributed by atoms with van der Waals surface area (Å²) >= 11 is 0. The zero-order chi connectivity index (χ0) is 12.5. The fraction of sp³-hybridized carbons (Fsp3) is 0.462. The lowest BCUT2D eigenvalue weighted by molar-refractivity contribution is -0.114. The third kappa shape index (κ3) is 6.04. The Kier molecular flexibility index (Phi) is 6.29. The zero-order valence-corrected chi connectivity index (χ0v) is 10.2. The van der Waals surface area contributed by atoms with Crippen molar-refractivity contribution in [1.82, 2.24) is 5.32 Å². The topological polar surface area (TPSA) is 61.4 Å². The van der Waals surface area contributed by atoms with Crippen LogP contribution in [0.15, 0.2) is 24.3 Å². The van der Waals surface area contributed by atoms with E-state index in [1.54, 1.807) is 0 Å². The van der Waals surface area contributed by atoms with Crippen molar-refractivity contribution in [3.63, 3.8) is 0 Å². The van der Waals surface area contributed by atoms with Crippen LogP contribution in [0.25, 0.3) is 0 Å². The molecule has 1 amide bonds. The van der Waals surface area contributed by atoms with Crippen molar-refractivity contribution in [2.75, 3.05) is 18.5 Å². The minimum atomic E-state index is -0.0557. The molecule has 1 aromatic rings. The molecule has 0 bridgehead atoms. The van der Waals surface area contributed by atoms with E-state index in [-0.39, 0.29) is 12.5 Å². The number of rotatable bonds is 7. The number of benzene rings is 1. The molecule has 0 radical (unpaired) electrons. The average Bonchev–Trinajstić information content (AvgIpc) is 2.30. The summed E-state index contributed by atoms with van der Waals surface area (Å²) in [5, 5.41) is 14.6. The van der Waals surface area contributed by atoms with Crippen LogP contribution in [0.3, 0.4) is 0 Å². The van der Waals surface area contributed by atoms with Gasteiger partial charge in [0.2, 0.25) is 5.91 Å². The molecule has 1 aromatic carbocycles. The number of carbonyl (C=O) groups is 1. The Balaban J connectivity index is 2.28. The summed E-state index contributed by atoms with van der Waals surface area (Å²) in [6.07, 6.45) is 1.83. The standard InChI is InChI=1S/C13H20N2O2/c1-11(17)15-13-6-4-12(5-7-13)10-14-8-2-3-9-16/h4-7,14,16H,2-3,8-10H2,1H3,(H,15,17). The fourth-order valence-corrected chi connectivity index (χ4v) is 1.50. The summed E-state index contributed by atoms with van der Waals surface area (Å²) in [4.78, 5) is 10.8. The van der Waals surface area contributed by atoms with Crippen LogP contribution in [0.4, 0.5) is 5.69 Å². The third-order valence-corrected chi connectivity index (χ3v) is 2.37. The maximum Gasteiger partial charge on any atom is 0.221 e. The van der Waals surface area contributed by atoms with E-state index in [9.17, 15) is 4.79 Å². The second-order valence-corrected chi connectivity index (χ2v) is 3.99. The van der Waals surface area contributed by atoms with E-state index in [0.29, 0.717) is 0 Å². The normalized spacial score (nSPS) is 10.2. The first-order valence-electron chi connectivity index (χ1n) is 5.90. The number of hydrogen-bond acceptors (Lipinski definition) is 3. The zero-order valence-electron chi connectivity index (χ0n) is 10.2. The first kappa shape index (κ1) is 13.7. The van der Waals surface area contributed by atoms with Crippen molar-refractivity contribution in [2.45, 2.75) is 26.3 Å². The number of amides is 1. The predicted octanol–water partition coefficient (Wildman–Crippen LogP) is 1.51. The number of carbonyl (C=O) groups excluding carboxylic acids is 1. The minimum absolute atomic E-state index is 0.0557. The number of hydrogen-bond donors (Lipinski definition) is 3. The number of aliphatic hydroxyl groups excluding tert-OH is 1. The molecule has 0 atom stereocenters. The Hall–Kier alpha value is -1.39. The van der Waals surface area contributed by atoms with E-state index in [0.717, 1.165) is 31.6 Å². The molecule has 0 aliphatic heterocycles. The molecule has 0 spiro atoms. The molecule has 3 N–H and O–H groups in total. The molecule has 0 fully saturated rings. The first-order chi connectivity index (χ1) is 8.22. The number of aliphatic hydroxyl groups is 1. The highest BCUT2D eigenvalue weighted by Gasteiger charge is 1.96. The largest absolute Gasteiger partial charge is 0.396 e. The van der Waals surface area contributed by atoms with E-state index in [1.165, 1.54) is 12.5 Å². The second-order valence-electron chi connectivity index (χ2n) is 3.99. The highest BCUT2D eigenvalue weighted by Crippen LogP contribution is 2.09. The average molecular weight is 236 g/mol. The van der Waals surface area contributed by atoms with Crippen molar-refractivity contribution in [3.8, 4) is 0 Å². The molecule has 0 unspecified atom stereocenters. The van der Waals surface area contributed by atoms with E-state index >= 15 is 0 Å². The molecular formula is C13H20N2O2. The summed E-state index contributed by atoms with van der Waals surface area (Å²) < 4.78 is 0. The van der Waals surface area contributed by atoms with Gasteiger partial charge in [0.15, 0.2) is 0 Å². The molecule has 0 aliphatic rings. The maximum atomic E-state index is 10.8. The molecular weight excluding hydrogens is 216 g/mol. The molecule has 0 aromatic heterocycles. The van der Waals surface area contributed by atoms with Crippen LogP contribution in [0.1, 0.15) is 25.3 Å². The van der Waals surface area contributed by atoms with Crippen molar-refractivity contribution in [3.05, 3.63) is 29.8 Å². The summed E-state index contributed by atoms with van der Waals surface area (Å²) in [6.45, 7) is 3.48. The highest BCUT2D eigenvalue weighted by molar-refractivity contribution is 5.88. The highest BCUT2D eigenvalue weighted by atomic mass is 16.2. The lowest BCUT2D eigenvalue weighted by Gasteiger charge is -2.06. The van der Waals surface area contributed by atoms with Crippen LogP contribution < -0.4 is 10.6 Å². The second kappa shape index (κ2) is 7.81. The van der Waals surface area contributed by atoms with E-state index in [1.807, 2.05) is 24.3 Å². The van der Waals surface area contributed by atoms with Gasteiger partial charge in [-0.3, -0.25) is 4.79 Å². The molecule has 0 aliphatic carbocycles. The third-order valence-electron chi connectivity index (χ3n) is 2.37. The van der Waals surface area contributed by atoms with Crippen LogP contribution in [-0.4, -0.2) is 24.2 Å². The smallest absolute Gasteiger partial charge is 0.221 e. The molecule has 94 valence electrons. The molecule has 17 heavy (non-hydrogen) atoms. The quantitative estimate of drug-likeness (QED) is 0.629. The molecule has 0 heterocycles. The summed E-state index contributed by atoms with van der Waals surface area (Å²) in [5.74, 6) is -0.0557. The van der Waals surface area contributed by atoms with E-state index in [2.05, 4.69) is 10.6 Å². The van der Waals surface area contributed by atoms with Gasteiger partial charge in [-0.1, -0.05) is 12.1 Å². The van der Waals surface area contributed by atoms with Gasteiger partial charge in [-0.15, -0.1) is 0 Å². The van der Waals surface area contributed by atoms with Gasteiger partial charge in [0.1, 0.15) is 0 Å². The van der Waals surface area contributed by atoms with Crippen LogP contribution in [0.2, 0.25) is 0 Å². The van der Waals surface area contributed by atoms with Crippen LogP contribution in [0.5, 0.6) is 0 Å². The number of nitrogens with one attached hydrogen (secondary N) is 2. The molecule has 4 nitrogen and oxygen atoms in total. The summed E-state index contributed by atoms with van der Waals surface area (Å²) in [7, 11) is 0. The SMILES string of the molecule is CC(=O)Nc1ccc(CNCCCCO)cc1. The molecule has 0 saturated carbocycles. The van der Waals surface area contributed by atoms with Gasteiger partial charge in [0.25, 0.3) is 0 Å². The van der Waals surface area contributed by atoms with Crippen LogP contribution in [-0.2, 0) is 11.3 Å². The van der Waals surface area contributed by atoms with Crippen molar-refractivity contribution in [2.24, 2.45) is 0 Å². The van der Waals surface area contributed by atoms with Crippen molar-refractivity contribution < 1.29 is 9.90 Å². The van der Waals surface area contributed by atoms with Gasteiger partial charge in [-0.2, -0.15) is 0 Å². The Labute approximate surface area is 102 Å². The Morgan fingerprint density at radius 1 is 1.24 bits per heavy atom. The first-order valence-corrected chi connectivity index (χ1v) is 5.90. The number of anilines is 1. The van der Waals surface area contributed by atoms with Crippen molar-refractivity contribution >= 4 is 11.6 Å². The molecule has 0 saturated heterocycles. The monoisotopic (exact) mass is 236 g/mol. The fourth-order valence-electron chi connectivity index (χ4n) is 1.50.